The van der Waals surface area contributed by atoms with E-state index >= 15 is 0 Å². The van der Waals surface area contributed by atoms with Crippen LogP contribution in [0.3, 0.4) is 0 Å². The van der Waals surface area contributed by atoms with Crippen molar-refractivity contribution in [3.05, 3.63) is 35.4 Å². The molecule has 0 bridgehead atoms. The summed E-state index contributed by atoms with van der Waals surface area (Å²) in [5.74, 6) is -1.50. The van der Waals surface area contributed by atoms with Gasteiger partial charge in [0.1, 0.15) is 6.10 Å². The van der Waals surface area contributed by atoms with Gasteiger partial charge in [-0.3, -0.25) is 0 Å². The Labute approximate surface area is 171 Å². The Morgan fingerprint density at radius 3 is 2.59 bits per heavy atom. The number of alkyl halides is 2. The lowest BCUT2D eigenvalue weighted by atomic mass is 9.76. The lowest BCUT2D eigenvalue weighted by molar-refractivity contribution is -0.0820. The van der Waals surface area contributed by atoms with Crippen LogP contribution < -0.4 is 0 Å². The van der Waals surface area contributed by atoms with Crippen molar-refractivity contribution in [2.45, 2.75) is 70.9 Å². The second-order valence-electron chi connectivity index (χ2n) is 8.97. The Hall–Kier alpha value is -2.16. The average Bonchev–Trinajstić information content (AvgIpc) is 2.68. The summed E-state index contributed by atoms with van der Waals surface area (Å²) in [7, 11) is 0. The van der Waals surface area contributed by atoms with E-state index in [2.05, 4.69) is 20.8 Å². The number of amides is 1. The Morgan fingerprint density at radius 2 is 1.97 bits per heavy atom. The van der Waals surface area contributed by atoms with E-state index in [0.717, 1.165) is 19.3 Å². The number of rotatable bonds is 3. The van der Waals surface area contributed by atoms with Crippen LogP contribution in [0.15, 0.2) is 24.3 Å². The molecule has 6 heteroatoms. The summed E-state index contributed by atoms with van der Waals surface area (Å²) in [6, 6.07) is 7.78. The van der Waals surface area contributed by atoms with Gasteiger partial charge in [-0.05, 0) is 54.7 Å². The summed E-state index contributed by atoms with van der Waals surface area (Å²) in [6.45, 7) is 6.43. The van der Waals surface area contributed by atoms with Gasteiger partial charge in [0.25, 0.3) is 5.92 Å². The number of nitriles is 1. The molecule has 0 radical (unpaired) electrons. The summed E-state index contributed by atoms with van der Waals surface area (Å²) in [5.41, 5.74) is 1.07. The number of nitrogens with zero attached hydrogens (tertiary/aromatic N) is 2. The largest absolute Gasteiger partial charge is 0.446 e. The number of carbonyl (C=O) groups excluding carboxylic acids is 1. The minimum absolute atomic E-state index is 0.0365. The van der Waals surface area contributed by atoms with Gasteiger partial charge >= 0.3 is 6.09 Å². The molecule has 29 heavy (non-hydrogen) atoms. The van der Waals surface area contributed by atoms with E-state index in [0.29, 0.717) is 23.0 Å². The van der Waals surface area contributed by atoms with Crippen molar-refractivity contribution < 1.29 is 18.3 Å². The highest BCUT2D eigenvalue weighted by Crippen LogP contribution is 2.41. The Morgan fingerprint density at radius 1 is 1.28 bits per heavy atom. The molecule has 0 spiro atoms. The van der Waals surface area contributed by atoms with Crippen molar-refractivity contribution >= 4 is 6.09 Å². The third-order valence-corrected chi connectivity index (χ3v) is 6.60. The molecule has 1 aliphatic heterocycles. The van der Waals surface area contributed by atoms with E-state index in [1.165, 1.54) is 4.90 Å². The maximum absolute atomic E-state index is 14.2. The predicted molar refractivity (Wildman–Crippen MR) is 106 cm³/mol. The molecule has 1 amide bonds. The summed E-state index contributed by atoms with van der Waals surface area (Å²) in [5, 5.41) is 8.98. The Kier molecular flexibility index (Phi) is 6.45. The van der Waals surface area contributed by atoms with Gasteiger partial charge in [-0.1, -0.05) is 32.9 Å². The predicted octanol–water partition coefficient (Wildman–Crippen LogP) is 5.93. The third-order valence-electron chi connectivity index (χ3n) is 6.60. The average molecular weight is 405 g/mol. The fourth-order valence-electron chi connectivity index (χ4n) is 4.51. The number of piperidine rings is 1. The molecule has 158 valence electrons. The summed E-state index contributed by atoms with van der Waals surface area (Å²) >= 11 is 0. The SMILES string of the molecule is CC(C)[C@@H]1CC[C@@H](C)C(OC(=O)N2CCC(F)(F)C[C@H]2c2ccc(C#N)cc2)C1. The normalized spacial score (nSPS) is 29.3. The first-order valence-corrected chi connectivity index (χ1v) is 10.6. The zero-order valence-electron chi connectivity index (χ0n) is 17.4. The highest BCUT2D eigenvalue weighted by atomic mass is 19.3. The van der Waals surface area contributed by atoms with Gasteiger partial charge in [-0.2, -0.15) is 5.26 Å². The summed E-state index contributed by atoms with van der Waals surface area (Å²) in [6.07, 6.45) is 1.51. The molecule has 1 aliphatic carbocycles. The number of likely N-dealkylation sites (tertiary alicyclic amines) is 1. The number of hydrogen-bond acceptors (Lipinski definition) is 3. The quantitative estimate of drug-likeness (QED) is 0.628. The zero-order valence-corrected chi connectivity index (χ0v) is 17.4. The van der Waals surface area contributed by atoms with Gasteiger partial charge in [-0.15, -0.1) is 0 Å². The summed E-state index contributed by atoms with van der Waals surface area (Å²) in [4.78, 5) is 14.5. The minimum Gasteiger partial charge on any atom is -0.446 e. The maximum Gasteiger partial charge on any atom is 0.410 e. The summed E-state index contributed by atoms with van der Waals surface area (Å²) < 4.78 is 34.2. The monoisotopic (exact) mass is 404 g/mol. The van der Waals surface area contributed by atoms with Crippen molar-refractivity contribution in [1.82, 2.24) is 4.90 Å². The highest BCUT2D eigenvalue weighted by molar-refractivity contribution is 5.69. The number of benzene rings is 1. The lowest BCUT2D eigenvalue weighted by Gasteiger charge is -2.41. The molecule has 2 aliphatic rings. The lowest BCUT2D eigenvalue weighted by Crippen LogP contribution is -2.47. The van der Waals surface area contributed by atoms with E-state index in [9.17, 15) is 13.6 Å². The van der Waals surface area contributed by atoms with Gasteiger partial charge < -0.3 is 9.64 Å². The van der Waals surface area contributed by atoms with E-state index in [4.69, 9.17) is 10.00 Å². The molecule has 0 aromatic heterocycles. The molecule has 0 N–H and O–H groups in total. The Bertz CT molecular complexity index is 757. The van der Waals surface area contributed by atoms with Crippen LogP contribution in [0.2, 0.25) is 0 Å². The highest BCUT2D eigenvalue weighted by Gasteiger charge is 2.44. The van der Waals surface area contributed by atoms with Crippen molar-refractivity contribution in [1.29, 1.82) is 5.26 Å². The molecule has 4 atom stereocenters. The van der Waals surface area contributed by atoms with Crippen LogP contribution in [-0.2, 0) is 4.74 Å². The second kappa shape index (κ2) is 8.69. The van der Waals surface area contributed by atoms with Gasteiger partial charge in [0.2, 0.25) is 0 Å². The van der Waals surface area contributed by atoms with Crippen LogP contribution in [0.25, 0.3) is 0 Å². The number of ether oxygens (including phenoxy) is 1. The molecule has 1 heterocycles. The van der Waals surface area contributed by atoms with Gasteiger partial charge in [0.05, 0.1) is 17.7 Å². The van der Waals surface area contributed by atoms with E-state index in [1.54, 1.807) is 24.3 Å². The van der Waals surface area contributed by atoms with Crippen LogP contribution in [0.5, 0.6) is 0 Å². The van der Waals surface area contributed by atoms with E-state index in [-0.39, 0.29) is 25.0 Å². The Balaban J connectivity index is 1.76. The molecule has 1 aromatic carbocycles. The molecule has 4 nitrogen and oxygen atoms in total. The molecule has 1 aromatic rings. The van der Waals surface area contributed by atoms with E-state index in [1.807, 2.05) is 6.07 Å². The number of carbonyl (C=O) groups is 1. The van der Waals surface area contributed by atoms with Crippen molar-refractivity contribution in [2.75, 3.05) is 6.54 Å². The van der Waals surface area contributed by atoms with Crippen LogP contribution >= 0.6 is 0 Å². The van der Waals surface area contributed by atoms with Gasteiger partial charge in [0, 0.05) is 19.4 Å². The van der Waals surface area contributed by atoms with E-state index < -0.39 is 24.5 Å². The zero-order chi connectivity index (χ0) is 21.2. The minimum atomic E-state index is -2.82. The molecule has 3 rings (SSSR count). The van der Waals surface area contributed by atoms with Crippen LogP contribution in [0.4, 0.5) is 13.6 Å². The standard InChI is InChI=1S/C23H30F2N2O2/c1-15(2)19-7-4-16(3)21(12-19)29-22(28)27-11-10-23(24,25)13-20(27)18-8-5-17(14-26)6-9-18/h5-6,8-9,15-16,19-21H,4,7,10-13H2,1-3H3/t16-,19-,20+,21?/m1/s1. The number of halogens is 2. The van der Waals surface area contributed by atoms with Gasteiger partial charge in [-0.25, -0.2) is 13.6 Å². The molecule has 1 saturated heterocycles. The van der Waals surface area contributed by atoms with Gasteiger partial charge in [0.15, 0.2) is 0 Å². The fraction of sp³-hybridized carbons (Fsp3) is 0.652. The van der Waals surface area contributed by atoms with Crippen molar-refractivity contribution in [3.63, 3.8) is 0 Å². The van der Waals surface area contributed by atoms with Crippen molar-refractivity contribution in [2.24, 2.45) is 17.8 Å². The van der Waals surface area contributed by atoms with Crippen LogP contribution in [-0.4, -0.2) is 29.6 Å². The first-order valence-electron chi connectivity index (χ1n) is 10.6. The molecular weight excluding hydrogens is 374 g/mol. The first kappa shape index (κ1) is 21.5. The molecule has 1 saturated carbocycles. The third kappa shape index (κ3) is 5.07. The first-order chi connectivity index (χ1) is 13.7. The molecule has 1 unspecified atom stereocenters. The maximum atomic E-state index is 14.2. The fourth-order valence-corrected chi connectivity index (χ4v) is 4.51. The molecule has 2 fully saturated rings. The van der Waals surface area contributed by atoms with Crippen LogP contribution in [0.1, 0.15) is 70.0 Å². The topological polar surface area (TPSA) is 53.3 Å². The molecular formula is C23H30F2N2O2. The number of hydrogen-bond donors (Lipinski definition) is 0. The smallest absolute Gasteiger partial charge is 0.410 e. The second-order valence-corrected chi connectivity index (χ2v) is 8.97. The van der Waals surface area contributed by atoms with Crippen LogP contribution in [0, 0.1) is 29.1 Å². The van der Waals surface area contributed by atoms with Crippen molar-refractivity contribution in [3.8, 4) is 6.07 Å².